The SMILES string of the molecule is CCCCCCc1cc(N=C(C)C=Nc2cc(CCCC)c(-c3ccccc3)c(-c3ccccc3)c2)cc(CCCC)c1C.[CH2-]C.[Cl][Ni]. The van der Waals surface area contributed by atoms with Gasteiger partial charge in [-0.05, 0) is 121 Å². The molecule has 0 aliphatic rings. The first-order valence-corrected chi connectivity index (χ1v) is 19.2. The Morgan fingerprint density at radius 1 is 0.646 bits per heavy atom. The number of hydrogen-bond donors (Lipinski definition) is 0. The summed E-state index contributed by atoms with van der Waals surface area (Å²) >= 11 is 3.35. The Bertz CT molecular complexity index is 1530. The summed E-state index contributed by atoms with van der Waals surface area (Å²) in [7, 11) is 4.26. The molecule has 0 saturated heterocycles. The molecule has 0 bridgehead atoms. The van der Waals surface area contributed by atoms with Crippen LogP contribution in [0.3, 0.4) is 0 Å². The number of aliphatic imine (C=N–C) groups is 2. The zero-order valence-electron chi connectivity index (χ0n) is 30.2. The number of rotatable bonds is 16. The topological polar surface area (TPSA) is 24.7 Å². The van der Waals surface area contributed by atoms with E-state index in [4.69, 9.17) is 9.98 Å². The molecule has 0 aliphatic carbocycles. The maximum atomic E-state index is 5.07. The number of nitrogens with zero attached hydrogens (tertiary/aromatic N) is 2. The molecule has 4 aromatic carbocycles. The number of aryl methyl sites for hydroxylation is 3. The molecular weight excluding hydrogens is 651 g/mol. The Kier molecular flexibility index (Phi) is 20.7. The van der Waals surface area contributed by atoms with Crippen molar-refractivity contribution in [3.63, 3.8) is 0 Å². The van der Waals surface area contributed by atoms with Crippen molar-refractivity contribution in [3.05, 3.63) is 114 Å². The zero-order chi connectivity index (χ0) is 35.1. The van der Waals surface area contributed by atoms with E-state index in [1.54, 1.807) is 6.92 Å². The van der Waals surface area contributed by atoms with Gasteiger partial charge in [0.05, 0.1) is 17.1 Å². The van der Waals surface area contributed by atoms with Crippen LogP contribution >= 0.6 is 10.2 Å². The summed E-state index contributed by atoms with van der Waals surface area (Å²) in [6.07, 6.45) is 15.1. The average Bonchev–Trinajstić information content (AvgIpc) is 3.14. The normalized spacial score (nSPS) is 11.2. The first-order chi connectivity index (χ1) is 23.5. The van der Waals surface area contributed by atoms with E-state index >= 15 is 0 Å². The van der Waals surface area contributed by atoms with Crippen LogP contribution < -0.4 is 0 Å². The molecule has 4 rings (SSSR count). The van der Waals surface area contributed by atoms with E-state index in [0.717, 1.165) is 49.2 Å². The van der Waals surface area contributed by atoms with Crippen LogP contribution in [0.1, 0.15) is 108 Å². The van der Waals surface area contributed by atoms with Gasteiger partial charge in [0.2, 0.25) is 0 Å². The molecule has 4 heteroatoms. The van der Waals surface area contributed by atoms with Gasteiger partial charge >= 0.3 is 24.8 Å². The molecule has 0 atom stereocenters. The fraction of sp³-hybridized carbons (Fsp3) is 0.386. The van der Waals surface area contributed by atoms with Crippen LogP contribution in [0.25, 0.3) is 22.3 Å². The monoisotopic (exact) mass is 706 g/mol. The van der Waals surface area contributed by atoms with Crippen LogP contribution in [0.15, 0.2) is 94.9 Å². The second kappa shape index (κ2) is 24.2. The Balaban J connectivity index is 0.00000193. The molecule has 4 aromatic rings. The fourth-order valence-electron chi connectivity index (χ4n) is 6.03. The van der Waals surface area contributed by atoms with E-state index in [1.165, 1.54) is 83.0 Å². The molecule has 0 unspecified atom stereocenters. The zero-order valence-corrected chi connectivity index (χ0v) is 32.0. The van der Waals surface area contributed by atoms with E-state index < -0.39 is 0 Å². The summed E-state index contributed by atoms with van der Waals surface area (Å²) in [6.45, 7) is 16.2. The van der Waals surface area contributed by atoms with E-state index in [1.807, 2.05) is 6.21 Å². The van der Waals surface area contributed by atoms with Crippen molar-refractivity contribution in [2.75, 3.05) is 0 Å². The van der Waals surface area contributed by atoms with Crippen molar-refractivity contribution in [1.29, 1.82) is 0 Å². The predicted octanol–water partition coefficient (Wildman–Crippen LogP) is 14.2. The van der Waals surface area contributed by atoms with Gasteiger partial charge in [-0.3, -0.25) is 9.98 Å². The van der Waals surface area contributed by atoms with Crippen molar-refractivity contribution < 1.29 is 14.6 Å². The van der Waals surface area contributed by atoms with Gasteiger partial charge in [0.15, 0.2) is 0 Å². The molecule has 0 saturated carbocycles. The van der Waals surface area contributed by atoms with Crippen LogP contribution in [0.4, 0.5) is 11.4 Å². The number of unbranched alkanes of at least 4 members (excludes halogenated alkanes) is 5. The van der Waals surface area contributed by atoms with Crippen molar-refractivity contribution >= 4 is 33.5 Å². The number of hydrogen-bond acceptors (Lipinski definition) is 2. The minimum absolute atomic E-state index is 0.927. The molecule has 0 spiro atoms. The summed E-state index contributed by atoms with van der Waals surface area (Å²) in [5, 5.41) is 0. The van der Waals surface area contributed by atoms with Crippen LogP contribution in [0.5, 0.6) is 0 Å². The first-order valence-electron chi connectivity index (χ1n) is 17.9. The van der Waals surface area contributed by atoms with E-state index in [-0.39, 0.29) is 0 Å². The molecule has 0 aliphatic heterocycles. The minimum atomic E-state index is 0.927. The Morgan fingerprint density at radius 2 is 1.15 bits per heavy atom. The third kappa shape index (κ3) is 13.1. The molecule has 0 fully saturated rings. The molecule has 0 aromatic heterocycles. The molecule has 0 heterocycles. The Labute approximate surface area is 305 Å². The van der Waals surface area contributed by atoms with Crippen LogP contribution in [-0.2, 0) is 33.8 Å². The van der Waals surface area contributed by atoms with Gasteiger partial charge in [0, 0.05) is 6.21 Å². The number of benzene rings is 4. The molecular formula is C44H57ClN2Ni-. The maximum absolute atomic E-state index is 5.07. The second-order valence-electron chi connectivity index (χ2n) is 12.2. The molecule has 0 radical (unpaired) electrons. The third-order valence-electron chi connectivity index (χ3n) is 8.56. The first kappa shape index (κ1) is 41.2. The van der Waals surface area contributed by atoms with Gasteiger partial charge in [-0.15, -0.1) is 0 Å². The quantitative estimate of drug-likeness (QED) is 0.0479. The van der Waals surface area contributed by atoms with E-state index in [0.29, 0.717) is 0 Å². The molecule has 0 N–H and O–H groups in total. The van der Waals surface area contributed by atoms with E-state index in [9.17, 15) is 0 Å². The Hall–Kier alpha value is -3.00. The summed E-state index contributed by atoms with van der Waals surface area (Å²) < 4.78 is 0. The molecule has 261 valence electrons. The van der Waals surface area contributed by atoms with Crippen molar-refractivity contribution in [1.82, 2.24) is 0 Å². The summed E-state index contributed by atoms with van der Waals surface area (Å²) in [5.74, 6) is 0. The summed E-state index contributed by atoms with van der Waals surface area (Å²) in [5.41, 5.74) is 13.7. The summed E-state index contributed by atoms with van der Waals surface area (Å²) in [6, 6.07) is 30.7. The van der Waals surface area contributed by atoms with Gasteiger partial charge in [-0.2, -0.15) is 6.92 Å². The van der Waals surface area contributed by atoms with Gasteiger partial charge < -0.3 is 6.92 Å². The predicted molar refractivity (Wildman–Crippen MR) is 211 cm³/mol. The van der Waals surface area contributed by atoms with Crippen LogP contribution in [-0.4, -0.2) is 11.9 Å². The van der Waals surface area contributed by atoms with Gasteiger partial charge in [0.25, 0.3) is 0 Å². The van der Waals surface area contributed by atoms with Gasteiger partial charge in [0.1, 0.15) is 0 Å². The molecule has 2 nitrogen and oxygen atoms in total. The number of halogens is 1. The van der Waals surface area contributed by atoms with Crippen LogP contribution in [0, 0.1) is 13.8 Å². The third-order valence-corrected chi connectivity index (χ3v) is 8.56. The second-order valence-corrected chi connectivity index (χ2v) is 12.2. The van der Waals surface area contributed by atoms with Gasteiger partial charge in [-0.1, -0.05) is 114 Å². The van der Waals surface area contributed by atoms with Crippen molar-refractivity contribution in [3.8, 4) is 22.3 Å². The van der Waals surface area contributed by atoms with Crippen molar-refractivity contribution in [2.45, 2.75) is 112 Å². The molecule has 0 amide bonds. The fourth-order valence-corrected chi connectivity index (χ4v) is 6.03. The average molecular weight is 708 g/mol. The van der Waals surface area contributed by atoms with Gasteiger partial charge in [-0.25, -0.2) is 0 Å². The van der Waals surface area contributed by atoms with Crippen LogP contribution in [0.2, 0.25) is 0 Å². The molecule has 48 heavy (non-hydrogen) atoms. The Morgan fingerprint density at radius 3 is 1.71 bits per heavy atom. The standard InChI is InChI=1S/C42H52N2.C2H5.ClH.Ni/c1-6-9-12-15-26-37-28-40(27-36(33(37)5)20-10-7-2)44-32(4)31-43-39-29-38(21-11-8-3)42(35-24-18-14-19-25-35)41(30-39)34-22-16-13-17-23-34;1-2;;/h13-14,16-19,22-25,27-31H,6-12,15,20-21,26H2,1-5H3;1H2,2H3;1H;/q;-1;;+1/p-1. The summed E-state index contributed by atoms with van der Waals surface area (Å²) in [4.78, 5) is 10.1. The van der Waals surface area contributed by atoms with E-state index in [2.05, 4.69) is 151 Å². The van der Waals surface area contributed by atoms with Crippen molar-refractivity contribution in [2.24, 2.45) is 9.98 Å².